The highest BCUT2D eigenvalue weighted by Gasteiger charge is 2.51. The van der Waals surface area contributed by atoms with Gasteiger partial charge in [0.05, 0.1) is 75.8 Å². The number of halogens is 3. The van der Waals surface area contributed by atoms with Gasteiger partial charge >= 0.3 is 6.18 Å². The van der Waals surface area contributed by atoms with Crippen molar-refractivity contribution in [3.63, 3.8) is 0 Å². The molecule has 3 aromatic carbocycles. The molecular weight excluding hydrogens is 1020 g/mol. The minimum Gasteiger partial charge on any atom is -0.490 e. The Hall–Kier alpha value is -7.41. The number of alkyl halides is 3. The van der Waals surface area contributed by atoms with Crippen molar-refractivity contribution in [3.8, 4) is 39.6 Å². The summed E-state index contributed by atoms with van der Waals surface area (Å²) >= 11 is 7.25. The number of pyridine rings is 1. The highest BCUT2D eigenvalue weighted by molar-refractivity contribution is 7.81. The van der Waals surface area contributed by atoms with Crippen molar-refractivity contribution in [2.75, 3.05) is 16.3 Å². The van der Waals surface area contributed by atoms with E-state index in [2.05, 4.69) is 20.4 Å². The van der Waals surface area contributed by atoms with Crippen LogP contribution in [0.5, 0.6) is 23.1 Å². The number of aromatic nitrogens is 4. The van der Waals surface area contributed by atoms with Crippen molar-refractivity contribution in [2.24, 2.45) is 5.92 Å². The Morgan fingerprint density at radius 2 is 1.58 bits per heavy atom. The Labute approximate surface area is 447 Å². The predicted octanol–water partition coefficient (Wildman–Crippen LogP) is 10.1. The molecule has 6 aromatic rings. The van der Waals surface area contributed by atoms with Gasteiger partial charge < -0.3 is 34.4 Å². The second-order valence-electron chi connectivity index (χ2n) is 20.1. The number of likely N-dealkylation sites (tertiary alicyclic amines) is 1. The van der Waals surface area contributed by atoms with E-state index in [-0.39, 0.29) is 59.7 Å². The summed E-state index contributed by atoms with van der Waals surface area (Å²) < 4.78 is 61.6. The van der Waals surface area contributed by atoms with Gasteiger partial charge in [0.15, 0.2) is 10.9 Å². The molecule has 0 spiro atoms. The third-order valence-corrected chi connectivity index (χ3v) is 15.3. The van der Waals surface area contributed by atoms with Crippen LogP contribution < -0.4 is 29.3 Å². The van der Waals surface area contributed by atoms with Crippen LogP contribution in [0.15, 0.2) is 103 Å². The second-order valence-corrected chi connectivity index (χ2v) is 21.3. The molecule has 2 N–H and O–H groups in total. The van der Waals surface area contributed by atoms with Gasteiger partial charge in [-0.05, 0) is 131 Å². The van der Waals surface area contributed by atoms with Crippen LogP contribution in [0.3, 0.4) is 0 Å². The summed E-state index contributed by atoms with van der Waals surface area (Å²) in [6.45, 7) is 10.9. The summed E-state index contributed by atoms with van der Waals surface area (Å²) in [5, 5.41) is 27.5. The van der Waals surface area contributed by atoms with Crippen LogP contribution in [0.25, 0.3) is 10.4 Å². The first-order valence-corrected chi connectivity index (χ1v) is 26.2. The quantitative estimate of drug-likeness (QED) is 0.0926. The molecule has 0 bridgehead atoms. The first-order valence-electron chi connectivity index (χ1n) is 24.9. The number of nitrogens with zero attached hydrogens (tertiary/aromatic N) is 8. The zero-order valence-electron chi connectivity index (χ0n) is 42.5. The van der Waals surface area contributed by atoms with E-state index in [0.717, 1.165) is 38.7 Å². The van der Waals surface area contributed by atoms with Gasteiger partial charge in [0.1, 0.15) is 35.2 Å². The summed E-state index contributed by atoms with van der Waals surface area (Å²) in [4.78, 5) is 55.7. The summed E-state index contributed by atoms with van der Waals surface area (Å²) in [6, 6.07) is 21.1. The summed E-state index contributed by atoms with van der Waals surface area (Å²) in [7, 11) is 0. The molecule has 21 heteroatoms. The van der Waals surface area contributed by atoms with Gasteiger partial charge in [-0.1, -0.05) is 38.1 Å². The van der Waals surface area contributed by atoms with E-state index >= 15 is 0 Å². The molecule has 2 saturated heterocycles. The van der Waals surface area contributed by atoms with Gasteiger partial charge in [0.2, 0.25) is 17.7 Å². The third-order valence-electron chi connectivity index (χ3n) is 14.0. The number of β-amino-alcohol motifs (C(OH)–C–C–N with tert-alkyl or cyclic N) is 1. The fraction of sp³-hybridized carbons (Fsp3) is 0.382. The van der Waals surface area contributed by atoms with E-state index in [1.807, 2.05) is 57.5 Å². The maximum Gasteiger partial charge on any atom is 0.417 e. The zero-order valence-corrected chi connectivity index (χ0v) is 44.2. The Morgan fingerprint density at radius 3 is 2.20 bits per heavy atom. The van der Waals surface area contributed by atoms with Crippen molar-refractivity contribution in [3.05, 3.63) is 125 Å². The number of amides is 3. The molecule has 3 aliphatic rings. The van der Waals surface area contributed by atoms with Crippen molar-refractivity contribution < 1.29 is 46.9 Å². The van der Waals surface area contributed by atoms with Crippen LogP contribution in [0.2, 0.25) is 0 Å². The lowest BCUT2D eigenvalue weighted by atomic mass is 9.95. The highest BCUT2D eigenvalue weighted by atomic mass is 32.1. The van der Waals surface area contributed by atoms with Crippen LogP contribution in [0.4, 0.5) is 24.5 Å². The van der Waals surface area contributed by atoms with Gasteiger partial charge in [0.25, 0.3) is 5.91 Å². The smallest absolute Gasteiger partial charge is 0.417 e. The molecule has 9 rings (SSSR count). The van der Waals surface area contributed by atoms with Crippen molar-refractivity contribution in [1.29, 1.82) is 5.26 Å². The maximum atomic E-state index is 14.3. The maximum absolute atomic E-state index is 14.3. The molecule has 396 valence electrons. The number of thiazole rings is 1. The molecule has 4 atom stereocenters. The molecule has 1 unspecified atom stereocenters. The first kappa shape index (κ1) is 53.4. The number of benzene rings is 3. The summed E-state index contributed by atoms with van der Waals surface area (Å²) in [5.74, 6) is 0.401. The number of rotatable bonds is 15. The third kappa shape index (κ3) is 11.1. The minimum atomic E-state index is -4.80. The lowest BCUT2D eigenvalue weighted by molar-refractivity contribution is -0.142. The molecule has 3 aromatic heterocycles. The molecule has 3 fully saturated rings. The number of hydrogen-bond donors (Lipinski definition) is 2. The number of nitriles is 1. The number of hydrogen-bond acceptors (Lipinski definition) is 13. The number of thiocarbonyl (C=S) groups is 1. The number of aliphatic hydroxyl groups is 1. The van der Waals surface area contributed by atoms with Crippen molar-refractivity contribution in [1.82, 2.24) is 30.0 Å². The molecule has 16 nitrogen and oxygen atoms in total. The van der Waals surface area contributed by atoms with E-state index in [0.29, 0.717) is 54.5 Å². The van der Waals surface area contributed by atoms with Gasteiger partial charge in [-0.15, -0.1) is 11.3 Å². The Kier molecular flexibility index (Phi) is 15.2. The zero-order chi connectivity index (χ0) is 54.2. The molecule has 2 aliphatic heterocycles. The van der Waals surface area contributed by atoms with E-state index in [1.165, 1.54) is 21.8 Å². The number of carbonyl (C=O) groups is 3. The van der Waals surface area contributed by atoms with Gasteiger partial charge in [-0.25, -0.2) is 9.97 Å². The number of anilines is 2. The largest absolute Gasteiger partial charge is 0.490 e. The van der Waals surface area contributed by atoms with E-state index in [9.17, 15) is 37.9 Å². The Morgan fingerprint density at radius 1 is 0.908 bits per heavy atom. The lowest BCUT2D eigenvalue weighted by Crippen LogP contribution is -2.49. The molecule has 1 saturated carbocycles. The number of aliphatic hydroxyl groups excluding tert-OH is 1. The molecule has 3 amide bonds. The average molecular weight is 1080 g/mol. The van der Waals surface area contributed by atoms with E-state index < -0.39 is 46.9 Å². The summed E-state index contributed by atoms with van der Waals surface area (Å²) in [5.41, 5.74) is 2.26. The number of nitrogens with one attached hydrogen (secondary N) is 1. The molecule has 0 radical (unpaired) electrons. The number of ether oxygens (including phenoxy) is 3. The minimum absolute atomic E-state index is 0.000732. The number of carbonyl (C=O) groups excluding carboxylic acids is 3. The Balaban J connectivity index is 0.752. The first-order chi connectivity index (χ1) is 36.2. The summed E-state index contributed by atoms with van der Waals surface area (Å²) in [6.07, 6.45) is 1.78. The number of aryl methyl sites for hydroxylation is 1. The van der Waals surface area contributed by atoms with Crippen molar-refractivity contribution >= 4 is 57.8 Å². The fourth-order valence-corrected chi connectivity index (χ4v) is 11.3. The highest BCUT2D eigenvalue weighted by Crippen LogP contribution is 2.41. The lowest BCUT2D eigenvalue weighted by Gasteiger charge is -2.30. The van der Waals surface area contributed by atoms with Crippen LogP contribution in [-0.4, -0.2) is 89.0 Å². The Bertz CT molecular complexity index is 3150. The average Bonchev–Trinajstić information content (AvgIpc) is 4.19. The second kappa shape index (κ2) is 21.7. The van der Waals surface area contributed by atoms with Crippen molar-refractivity contribution in [2.45, 2.75) is 122 Å². The van der Waals surface area contributed by atoms with Crippen LogP contribution in [0, 0.1) is 24.2 Å². The van der Waals surface area contributed by atoms with Crippen LogP contribution >= 0.6 is 23.6 Å². The van der Waals surface area contributed by atoms with Crippen LogP contribution in [0.1, 0.15) is 101 Å². The predicted molar refractivity (Wildman–Crippen MR) is 282 cm³/mol. The molecule has 1 aliphatic carbocycles. The monoisotopic (exact) mass is 1080 g/mol. The van der Waals surface area contributed by atoms with Gasteiger partial charge in [-0.3, -0.25) is 24.0 Å². The SMILES string of the molecule is Cc1ncsc1-c1ccc([C@H](C)NC(=O)[C@@H]2C[C@@H](O)CN2C(=O)C(C(C)C)n2cc(Oc3ccc(OC4CCC(Oc5ccc(N6C(=S)N(c7ccc(C#N)c(C(F)(F)F)c7)C(=O)C6(C)C)cc5)CC4)nc3)cn2)cc1. The van der Waals surface area contributed by atoms with E-state index in [4.69, 9.17) is 26.4 Å². The molecule has 5 heterocycles. The normalized spacial score (nSPS) is 20.4. The van der Waals surface area contributed by atoms with E-state index in [1.54, 1.807) is 84.9 Å². The molecular formula is C55H56F3N9O7S2. The van der Waals surface area contributed by atoms with Gasteiger partial charge in [-0.2, -0.15) is 23.5 Å². The standard InChI is InChI=1S/C55H56F3N9O7S2/c1-31(2)48(51(70)64-28-39(68)24-46(64)50(69)63-32(3)34-7-9-35(10-8-34)49-33(4)61-30-76-49)65-29-44(27-62-65)73-43-21-22-47(60-26-43)74-42-19-17-41(18-20-42)72-40-15-13-37(14-16-40)67-53(75)66(52(71)54(67,5)6)38-12-11-36(25-59)45(23-38)55(56,57)58/h7-16,21-23,26-27,29-32,39,41-42,46,48,68H,17-20,24,28H2,1-6H3,(H,63,69)/t32-,39+,41?,42?,46-,48?/m0/s1. The fourth-order valence-electron chi connectivity index (χ4n) is 10.00. The topological polar surface area (TPSA) is 188 Å². The van der Waals surface area contributed by atoms with Gasteiger partial charge in [0, 0.05) is 24.7 Å². The molecule has 76 heavy (non-hydrogen) atoms. The van der Waals surface area contributed by atoms with Crippen LogP contribution in [-0.2, 0) is 20.6 Å².